The fraction of sp³-hybridized carbons (Fsp3) is 0.267. The number of likely N-dealkylation sites (N-methyl/N-ethyl adjacent to an activating group) is 1. The number of ether oxygens (including phenoxy) is 3. The number of likely N-dealkylation sites (tertiary alicyclic amines) is 1. The van der Waals surface area contributed by atoms with Crippen LogP contribution in [0.3, 0.4) is 0 Å². The average molecular weight is 517 g/mol. The quantitative estimate of drug-likeness (QED) is 0.245. The van der Waals surface area contributed by atoms with E-state index in [1.165, 1.54) is 12.0 Å². The number of aliphatic hydroxyl groups excluding tert-OH is 1. The number of ketones is 1. The highest BCUT2D eigenvalue weighted by Crippen LogP contribution is 2.42. The second kappa shape index (κ2) is 11.8. The van der Waals surface area contributed by atoms with Crippen LogP contribution in [-0.2, 0) is 16.2 Å². The van der Waals surface area contributed by atoms with Gasteiger partial charge in [-0.05, 0) is 61.6 Å². The van der Waals surface area contributed by atoms with Crippen molar-refractivity contribution in [1.29, 1.82) is 0 Å². The SMILES string of the molecule is COc1ccc(C(O)=C2C(=O)C(=O)N(CCN(C)C)C2c2ccc(OCc3ccccc3)c(OC)c2)cc1. The van der Waals surface area contributed by atoms with E-state index in [2.05, 4.69) is 0 Å². The molecule has 4 rings (SSSR count). The average Bonchev–Trinajstić information content (AvgIpc) is 3.20. The van der Waals surface area contributed by atoms with Crippen molar-refractivity contribution < 1.29 is 28.9 Å². The van der Waals surface area contributed by atoms with E-state index in [-0.39, 0.29) is 11.3 Å². The number of hydrogen-bond acceptors (Lipinski definition) is 7. The van der Waals surface area contributed by atoms with E-state index in [0.717, 1.165) is 5.56 Å². The van der Waals surface area contributed by atoms with E-state index in [9.17, 15) is 14.7 Å². The first-order chi connectivity index (χ1) is 18.3. The molecule has 1 unspecified atom stereocenters. The third-order valence-electron chi connectivity index (χ3n) is 6.43. The van der Waals surface area contributed by atoms with Crippen LogP contribution in [0.1, 0.15) is 22.7 Å². The van der Waals surface area contributed by atoms with Crippen molar-refractivity contribution in [1.82, 2.24) is 9.80 Å². The molecule has 38 heavy (non-hydrogen) atoms. The molecule has 1 amide bonds. The Balaban J connectivity index is 1.75. The molecule has 0 aromatic heterocycles. The maximum Gasteiger partial charge on any atom is 0.295 e. The standard InChI is InChI=1S/C30H32N2O6/c1-31(2)16-17-32-27(26(29(34)30(32)35)28(33)21-10-13-23(36-3)14-11-21)22-12-15-24(25(18-22)37-4)38-19-20-8-6-5-7-9-20/h5-15,18,27,33H,16-17,19H2,1-4H3. The molecular formula is C30H32N2O6. The summed E-state index contributed by atoms with van der Waals surface area (Å²) in [5, 5.41) is 11.3. The Kier molecular flexibility index (Phi) is 8.33. The lowest BCUT2D eigenvalue weighted by atomic mass is 9.95. The van der Waals surface area contributed by atoms with Gasteiger partial charge in [-0.25, -0.2) is 0 Å². The lowest BCUT2D eigenvalue weighted by Gasteiger charge is -2.27. The van der Waals surface area contributed by atoms with Crippen LogP contribution in [0.15, 0.2) is 78.4 Å². The zero-order valence-corrected chi connectivity index (χ0v) is 22.0. The summed E-state index contributed by atoms with van der Waals surface area (Å²) in [5.41, 5.74) is 2.08. The van der Waals surface area contributed by atoms with Crippen LogP contribution in [0.4, 0.5) is 0 Å². The maximum absolute atomic E-state index is 13.3. The predicted molar refractivity (Wildman–Crippen MR) is 144 cm³/mol. The van der Waals surface area contributed by atoms with Gasteiger partial charge in [-0.1, -0.05) is 36.4 Å². The summed E-state index contributed by atoms with van der Waals surface area (Å²) in [6.07, 6.45) is 0. The number of carbonyl (C=O) groups excluding carboxylic acids is 2. The molecule has 1 N–H and O–H groups in total. The monoisotopic (exact) mass is 516 g/mol. The highest BCUT2D eigenvalue weighted by atomic mass is 16.5. The number of rotatable bonds is 10. The van der Waals surface area contributed by atoms with E-state index in [0.29, 0.717) is 48.1 Å². The maximum atomic E-state index is 13.3. The molecule has 0 saturated carbocycles. The smallest absolute Gasteiger partial charge is 0.295 e. The minimum atomic E-state index is -0.797. The van der Waals surface area contributed by atoms with Crippen LogP contribution < -0.4 is 14.2 Å². The molecule has 0 aliphatic carbocycles. The molecular weight excluding hydrogens is 484 g/mol. The fourth-order valence-electron chi connectivity index (χ4n) is 4.38. The molecule has 1 aliphatic rings. The Labute approximate surface area is 222 Å². The molecule has 3 aromatic rings. The zero-order valence-electron chi connectivity index (χ0n) is 22.0. The Bertz CT molecular complexity index is 1320. The van der Waals surface area contributed by atoms with Crippen LogP contribution in [0.25, 0.3) is 5.76 Å². The first-order valence-corrected chi connectivity index (χ1v) is 12.3. The molecule has 1 heterocycles. The third kappa shape index (κ3) is 5.65. The molecule has 0 spiro atoms. The normalized spacial score (nSPS) is 16.7. The first kappa shape index (κ1) is 26.8. The van der Waals surface area contributed by atoms with Crippen molar-refractivity contribution in [3.63, 3.8) is 0 Å². The summed E-state index contributed by atoms with van der Waals surface area (Å²) in [5.74, 6) is -0.0330. The number of Topliss-reactive ketones (excluding diaryl/α,β-unsaturated/α-hetero) is 1. The molecule has 0 radical (unpaired) electrons. The molecule has 8 heteroatoms. The molecule has 1 fully saturated rings. The van der Waals surface area contributed by atoms with Gasteiger partial charge in [0.1, 0.15) is 18.1 Å². The Morgan fingerprint density at radius 2 is 1.63 bits per heavy atom. The summed E-state index contributed by atoms with van der Waals surface area (Å²) in [6.45, 7) is 1.20. The molecule has 0 bridgehead atoms. The van der Waals surface area contributed by atoms with Crippen LogP contribution in [-0.4, -0.2) is 68.0 Å². The van der Waals surface area contributed by atoms with E-state index in [1.54, 1.807) is 49.6 Å². The number of methoxy groups -OCH3 is 2. The van der Waals surface area contributed by atoms with Gasteiger partial charge in [-0.2, -0.15) is 0 Å². The van der Waals surface area contributed by atoms with Crippen molar-refractivity contribution in [3.05, 3.63) is 95.1 Å². The Hall–Kier alpha value is -4.30. The van der Waals surface area contributed by atoms with Crippen LogP contribution in [0.5, 0.6) is 17.2 Å². The van der Waals surface area contributed by atoms with Crippen molar-refractivity contribution in [2.45, 2.75) is 12.6 Å². The zero-order chi connectivity index (χ0) is 27.2. The summed E-state index contributed by atoms with van der Waals surface area (Å²) in [4.78, 5) is 29.9. The highest BCUT2D eigenvalue weighted by molar-refractivity contribution is 6.46. The number of hydrogen-bond donors (Lipinski definition) is 1. The predicted octanol–water partition coefficient (Wildman–Crippen LogP) is 4.27. The van der Waals surface area contributed by atoms with Crippen molar-refractivity contribution in [3.8, 4) is 17.2 Å². The molecule has 1 aliphatic heterocycles. The van der Waals surface area contributed by atoms with Gasteiger partial charge in [0, 0.05) is 18.7 Å². The van der Waals surface area contributed by atoms with Crippen molar-refractivity contribution >= 4 is 17.4 Å². The van der Waals surface area contributed by atoms with E-state index >= 15 is 0 Å². The van der Waals surface area contributed by atoms with Gasteiger partial charge < -0.3 is 29.1 Å². The largest absolute Gasteiger partial charge is 0.507 e. The highest BCUT2D eigenvalue weighted by Gasteiger charge is 2.46. The molecule has 8 nitrogen and oxygen atoms in total. The van der Waals surface area contributed by atoms with Crippen LogP contribution in [0, 0.1) is 0 Å². The number of nitrogens with zero attached hydrogens (tertiary/aromatic N) is 2. The minimum absolute atomic E-state index is 0.0268. The van der Waals surface area contributed by atoms with Gasteiger partial charge in [-0.3, -0.25) is 9.59 Å². The number of benzene rings is 3. The number of carbonyl (C=O) groups is 2. The van der Waals surface area contributed by atoms with Gasteiger partial charge in [0.05, 0.1) is 25.8 Å². The third-order valence-corrected chi connectivity index (χ3v) is 6.43. The molecule has 1 atom stereocenters. The summed E-state index contributed by atoms with van der Waals surface area (Å²) < 4.78 is 16.8. The fourth-order valence-corrected chi connectivity index (χ4v) is 4.38. The number of aliphatic hydroxyl groups is 1. The lowest BCUT2D eigenvalue weighted by molar-refractivity contribution is -0.140. The number of amides is 1. The molecule has 198 valence electrons. The van der Waals surface area contributed by atoms with E-state index in [4.69, 9.17) is 14.2 Å². The first-order valence-electron chi connectivity index (χ1n) is 12.3. The Morgan fingerprint density at radius 3 is 2.26 bits per heavy atom. The lowest BCUT2D eigenvalue weighted by Crippen LogP contribution is -2.35. The van der Waals surface area contributed by atoms with Crippen LogP contribution >= 0.6 is 0 Å². The van der Waals surface area contributed by atoms with Crippen molar-refractivity contribution in [2.24, 2.45) is 0 Å². The topological polar surface area (TPSA) is 88.5 Å². The summed E-state index contributed by atoms with van der Waals surface area (Å²) >= 11 is 0. The van der Waals surface area contributed by atoms with E-state index < -0.39 is 17.7 Å². The van der Waals surface area contributed by atoms with Crippen molar-refractivity contribution in [2.75, 3.05) is 41.4 Å². The van der Waals surface area contributed by atoms with Crippen LogP contribution in [0.2, 0.25) is 0 Å². The summed E-state index contributed by atoms with van der Waals surface area (Å²) in [6, 6.07) is 21.0. The van der Waals surface area contributed by atoms with Gasteiger partial charge in [0.25, 0.3) is 11.7 Å². The Morgan fingerprint density at radius 1 is 0.921 bits per heavy atom. The second-order valence-electron chi connectivity index (χ2n) is 9.21. The van der Waals surface area contributed by atoms with E-state index in [1.807, 2.05) is 49.3 Å². The van der Waals surface area contributed by atoms with Gasteiger partial charge in [0.15, 0.2) is 11.5 Å². The van der Waals surface area contributed by atoms with Gasteiger partial charge >= 0.3 is 0 Å². The molecule has 1 saturated heterocycles. The van der Waals surface area contributed by atoms with Gasteiger partial charge in [0.2, 0.25) is 0 Å². The minimum Gasteiger partial charge on any atom is -0.507 e. The second-order valence-corrected chi connectivity index (χ2v) is 9.21. The summed E-state index contributed by atoms with van der Waals surface area (Å²) in [7, 11) is 6.87. The molecule has 3 aromatic carbocycles. The van der Waals surface area contributed by atoms with Gasteiger partial charge in [-0.15, -0.1) is 0 Å².